The van der Waals surface area contributed by atoms with Crippen molar-refractivity contribution in [3.63, 3.8) is 0 Å². The minimum atomic E-state index is -3.93. The molecule has 0 atom stereocenters. The molecule has 2 heterocycles. The molecule has 178 valence electrons. The average Bonchev–Trinajstić information content (AvgIpc) is 3.52. The lowest BCUT2D eigenvalue weighted by molar-refractivity contribution is 0.0600. The van der Waals surface area contributed by atoms with E-state index in [4.69, 9.17) is 14.2 Å². The summed E-state index contributed by atoms with van der Waals surface area (Å²) < 4.78 is 44.2. The summed E-state index contributed by atoms with van der Waals surface area (Å²) in [5, 5.41) is 0.727. The molecule has 2 aliphatic rings. The zero-order chi connectivity index (χ0) is 23.9. The molecule has 1 N–H and O–H groups in total. The number of rotatable bonds is 6. The molecular weight excluding hydrogens is 460 g/mol. The van der Waals surface area contributed by atoms with Crippen molar-refractivity contribution in [1.29, 1.82) is 0 Å². The molecular formula is C24H24N2O7S. The van der Waals surface area contributed by atoms with Gasteiger partial charge < -0.3 is 19.2 Å². The molecule has 0 spiro atoms. The lowest BCUT2D eigenvalue weighted by Gasteiger charge is -2.28. The third-order valence-electron chi connectivity index (χ3n) is 6.35. The smallest absolute Gasteiger partial charge is 0.337 e. The molecule has 3 aromatic rings. The van der Waals surface area contributed by atoms with E-state index in [1.807, 2.05) is 0 Å². The van der Waals surface area contributed by atoms with E-state index in [2.05, 4.69) is 4.98 Å². The molecule has 5 rings (SSSR count). The molecule has 0 unspecified atom stereocenters. The Kier molecular flexibility index (Phi) is 5.78. The van der Waals surface area contributed by atoms with Crippen molar-refractivity contribution in [1.82, 2.24) is 9.29 Å². The number of H-pyrrole nitrogens is 1. The highest BCUT2D eigenvalue weighted by Crippen LogP contribution is 2.36. The van der Waals surface area contributed by atoms with E-state index in [-0.39, 0.29) is 35.4 Å². The van der Waals surface area contributed by atoms with Crippen molar-refractivity contribution in [3.05, 3.63) is 63.9 Å². The van der Waals surface area contributed by atoms with Gasteiger partial charge in [0.2, 0.25) is 16.8 Å². The number of nitrogens with one attached hydrogen (secondary N) is 1. The van der Waals surface area contributed by atoms with Gasteiger partial charge in [-0.25, -0.2) is 13.2 Å². The molecule has 9 nitrogen and oxygen atoms in total. The van der Waals surface area contributed by atoms with Gasteiger partial charge in [-0.3, -0.25) is 4.79 Å². The quantitative estimate of drug-likeness (QED) is 0.535. The Bertz CT molecular complexity index is 1410. The maximum absolute atomic E-state index is 13.7. The van der Waals surface area contributed by atoms with Gasteiger partial charge in [0.25, 0.3) is 5.56 Å². The van der Waals surface area contributed by atoms with Crippen LogP contribution in [0.15, 0.2) is 52.2 Å². The highest BCUT2D eigenvalue weighted by molar-refractivity contribution is 7.89. The van der Waals surface area contributed by atoms with Crippen LogP contribution in [0.25, 0.3) is 10.9 Å². The molecule has 10 heteroatoms. The van der Waals surface area contributed by atoms with Crippen LogP contribution in [0.3, 0.4) is 0 Å². The summed E-state index contributed by atoms with van der Waals surface area (Å²) in [6.07, 6.45) is 3.30. The summed E-state index contributed by atoms with van der Waals surface area (Å²) in [7, 11) is -2.66. The van der Waals surface area contributed by atoms with E-state index >= 15 is 0 Å². The second kappa shape index (κ2) is 8.77. The molecule has 0 saturated heterocycles. The Morgan fingerprint density at radius 3 is 2.44 bits per heavy atom. The van der Waals surface area contributed by atoms with Crippen molar-refractivity contribution < 1.29 is 27.4 Å². The number of benzene rings is 2. The van der Waals surface area contributed by atoms with Crippen LogP contribution in [-0.4, -0.2) is 43.6 Å². The Morgan fingerprint density at radius 1 is 1.09 bits per heavy atom. The number of ether oxygens (including phenoxy) is 3. The fraction of sp³-hybridized carbons (Fsp3) is 0.333. The third kappa shape index (κ3) is 4.03. The van der Waals surface area contributed by atoms with E-state index in [9.17, 15) is 18.0 Å². The predicted octanol–water partition coefficient (Wildman–Crippen LogP) is 3.18. The summed E-state index contributed by atoms with van der Waals surface area (Å²) in [6.45, 7) is 0.0523. The largest absolute Gasteiger partial charge is 0.465 e. The number of hydrogen-bond acceptors (Lipinski definition) is 7. The number of aromatic nitrogens is 1. The maximum Gasteiger partial charge on any atom is 0.337 e. The van der Waals surface area contributed by atoms with Crippen LogP contribution in [0.1, 0.15) is 41.6 Å². The fourth-order valence-electron chi connectivity index (χ4n) is 4.55. The van der Waals surface area contributed by atoms with E-state index in [0.29, 0.717) is 22.6 Å². The molecule has 1 saturated carbocycles. The van der Waals surface area contributed by atoms with Gasteiger partial charge in [0, 0.05) is 29.6 Å². The monoisotopic (exact) mass is 484 g/mol. The van der Waals surface area contributed by atoms with Gasteiger partial charge in [0.05, 0.1) is 23.1 Å². The first-order valence-corrected chi connectivity index (χ1v) is 12.5. The number of pyridine rings is 1. The molecule has 2 aromatic carbocycles. The summed E-state index contributed by atoms with van der Waals surface area (Å²) in [5.74, 6) is 0.595. The Morgan fingerprint density at radius 2 is 1.76 bits per heavy atom. The highest BCUT2D eigenvalue weighted by Gasteiger charge is 2.34. The minimum Gasteiger partial charge on any atom is -0.465 e. The third-order valence-corrected chi connectivity index (χ3v) is 8.27. The normalized spacial score (nSPS) is 15.8. The maximum atomic E-state index is 13.7. The Labute approximate surface area is 196 Å². The molecule has 1 aliphatic heterocycles. The SMILES string of the molecule is COC(=O)c1ccc(S(=O)(=O)N(Cc2cc3cc4c(cc3[nH]c2=O)OCO4)C2CCCC2)cc1. The molecule has 1 aromatic heterocycles. The van der Waals surface area contributed by atoms with Crippen LogP contribution < -0.4 is 15.0 Å². The van der Waals surface area contributed by atoms with Crippen LogP contribution in [-0.2, 0) is 21.3 Å². The first kappa shape index (κ1) is 22.4. The first-order chi connectivity index (χ1) is 16.4. The molecule has 1 fully saturated rings. The minimum absolute atomic E-state index is 0.0626. The van der Waals surface area contributed by atoms with Crippen molar-refractivity contribution >= 4 is 26.9 Å². The number of aromatic amines is 1. The molecule has 1 aliphatic carbocycles. The molecule has 0 bridgehead atoms. The van der Waals surface area contributed by atoms with Crippen molar-refractivity contribution in [2.24, 2.45) is 0 Å². The fourth-order valence-corrected chi connectivity index (χ4v) is 6.21. The van der Waals surface area contributed by atoms with E-state index in [1.165, 1.54) is 35.7 Å². The first-order valence-electron chi connectivity index (χ1n) is 11.0. The van der Waals surface area contributed by atoms with E-state index < -0.39 is 16.0 Å². The van der Waals surface area contributed by atoms with Gasteiger partial charge in [0.1, 0.15) is 0 Å². The van der Waals surface area contributed by atoms with Crippen LogP contribution in [0.5, 0.6) is 11.5 Å². The number of methoxy groups -OCH3 is 1. The summed E-state index contributed by atoms with van der Waals surface area (Å²) >= 11 is 0. The van der Waals surface area contributed by atoms with Crippen molar-refractivity contribution in [2.75, 3.05) is 13.9 Å². The number of esters is 1. The van der Waals surface area contributed by atoms with Gasteiger partial charge >= 0.3 is 5.97 Å². The lowest BCUT2D eigenvalue weighted by atomic mass is 10.1. The zero-order valence-corrected chi connectivity index (χ0v) is 19.4. The number of carbonyl (C=O) groups excluding carboxylic acids is 1. The Hall–Kier alpha value is -3.37. The van der Waals surface area contributed by atoms with Crippen molar-refractivity contribution in [2.45, 2.75) is 43.2 Å². The van der Waals surface area contributed by atoms with E-state index in [0.717, 1.165) is 31.1 Å². The summed E-state index contributed by atoms with van der Waals surface area (Å²) in [5.41, 5.74) is 0.837. The molecule has 0 amide bonds. The lowest BCUT2D eigenvalue weighted by Crippen LogP contribution is -2.39. The van der Waals surface area contributed by atoms with Gasteiger partial charge in [-0.05, 0) is 49.2 Å². The van der Waals surface area contributed by atoms with Crippen LogP contribution in [0.4, 0.5) is 0 Å². The van der Waals surface area contributed by atoms with Gasteiger partial charge in [-0.2, -0.15) is 4.31 Å². The summed E-state index contributed by atoms with van der Waals surface area (Å²) in [4.78, 5) is 27.5. The van der Waals surface area contributed by atoms with Gasteiger partial charge in [0.15, 0.2) is 11.5 Å². The van der Waals surface area contributed by atoms with Gasteiger partial charge in [-0.1, -0.05) is 12.8 Å². The van der Waals surface area contributed by atoms with Crippen LogP contribution in [0, 0.1) is 0 Å². The highest BCUT2D eigenvalue weighted by atomic mass is 32.2. The van der Waals surface area contributed by atoms with E-state index in [1.54, 1.807) is 18.2 Å². The number of nitrogens with zero attached hydrogens (tertiary/aromatic N) is 1. The number of hydrogen-bond donors (Lipinski definition) is 1. The second-order valence-corrected chi connectivity index (χ2v) is 10.3. The number of sulfonamides is 1. The standard InChI is InChI=1S/C24H24N2O7S/c1-31-24(28)15-6-8-19(9-7-15)34(29,30)26(18-4-2-3-5-18)13-17-10-16-11-21-22(33-14-32-21)12-20(16)25-23(17)27/h6-12,18H,2-5,13-14H2,1H3,(H,25,27). The topological polar surface area (TPSA) is 115 Å². The van der Waals surface area contributed by atoms with Gasteiger partial charge in [-0.15, -0.1) is 0 Å². The molecule has 34 heavy (non-hydrogen) atoms. The van der Waals surface area contributed by atoms with Crippen molar-refractivity contribution in [3.8, 4) is 11.5 Å². The van der Waals surface area contributed by atoms with Crippen LogP contribution in [0.2, 0.25) is 0 Å². The van der Waals surface area contributed by atoms with Crippen LogP contribution >= 0.6 is 0 Å². The number of carbonyl (C=O) groups is 1. The number of fused-ring (bicyclic) bond motifs is 2. The second-order valence-electron chi connectivity index (χ2n) is 8.42. The predicted molar refractivity (Wildman–Crippen MR) is 123 cm³/mol. The summed E-state index contributed by atoms with van der Waals surface area (Å²) in [6, 6.07) is 10.6. The Balaban J connectivity index is 1.52. The molecule has 0 radical (unpaired) electrons. The zero-order valence-electron chi connectivity index (χ0n) is 18.6. The average molecular weight is 485 g/mol.